The molecule has 0 spiro atoms. The third-order valence-corrected chi connectivity index (χ3v) is 6.66. The van der Waals surface area contributed by atoms with E-state index in [1.807, 2.05) is 31.3 Å². The largest absolute Gasteiger partial charge is 0.371 e. The Labute approximate surface area is 208 Å². The molecule has 1 aliphatic heterocycles. The molecule has 3 N–H and O–H groups in total. The molecule has 0 unspecified atom stereocenters. The summed E-state index contributed by atoms with van der Waals surface area (Å²) in [5, 5.41) is 11.7. The average Bonchev–Trinajstić information content (AvgIpc) is 3.53. The van der Waals surface area contributed by atoms with Crippen molar-refractivity contribution in [1.29, 1.82) is 0 Å². The van der Waals surface area contributed by atoms with E-state index in [4.69, 9.17) is 4.98 Å². The van der Waals surface area contributed by atoms with Crippen LogP contribution in [0.15, 0.2) is 48.9 Å². The van der Waals surface area contributed by atoms with Gasteiger partial charge in [0.2, 0.25) is 5.91 Å². The Morgan fingerprint density at radius 3 is 2.86 bits per heavy atom. The molecule has 6 rings (SSSR count). The molecule has 0 aromatic carbocycles. The van der Waals surface area contributed by atoms with Gasteiger partial charge in [-0.05, 0) is 56.0 Å². The summed E-state index contributed by atoms with van der Waals surface area (Å²) in [5.41, 5.74) is 7.52. The molecule has 0 radical (unpaired) electrons. The second kappa shape index (κ2) is 9.41. The quantitative estimate of drug-likeness (QED) is 0.304. The van der Waals surface area contributed by atoms with Gasteiger partial charge in [-0.2, -0.15) is 5.10 Å². The number of amides is 1. The fourth-order valence-electron chi connectivity index (χ4n) is 4.90. The topological polar surface area (TPSA) is 115 Å². The maximum Gasteiger partial charge on any atom is 0.224 e. The summed E-state index contributed by atoms with van der Waals surface area (Å²) >= 11 is 0. The Morgan fingerprint density at radius 2 is 2.00 bits per heavy atom. The van der Waals surface area contributed by atoms with Gasteiger partial charge in [0.25, 0.3) is 0 Å². The molecule has 36 heavy (non-hydrogen) atoms. The number of rotatable bonds is 6. The molecule has 0 aliphatic carbocycles. The van der Waals surface area contributed by atoms with Crippen LogP contribution >= 0.6 is 0 Å². The number of nitrogens with zero attached hydrogens (tertiary/aromatic N) is 5. The number of nitrogens with one attached hydrogen (secondary N) is 3. The van der Waals surface area contributed by atoms with Gasteiger partial charge in [0.05, 0.1) is 28.8 Å². The first-order valence-electron chi connectivity index (χ1n) is 12.5. The molecule has 0 bridgehead atoms. The fraction of sp³-hybridized carbons (Fsp3) is 0.296. The molecule has 1 saturated heterocycles. The van der Waals surface area contributed by atoms with Crippen molar-refractivity contribution in [3.63, 3.8) is 0 Å². The lowest BCUT2D eigenvalue weighted by Crippen LogP contribution is -2.29. The van der Waals surface area contributed by atoms with E-state index in [-0.39, 0.29) is 5.91 Å². The zero-order chi connectivity index (χ0) is 24.5. The number of piperidine rings is 1. The third-order valence-electron chi connectivity index (χ3n) is 6.66. The molecule has 9 heteroatoms. The molecular formula is C27H28N8O. The minimum Gasteiger partial charge on any atom is -0.371 e. The number of aromatic nitrogens is 6. The molecule has 6 heterocycles. The SMILES string of the molecule is CCCC(=O)Nc1cncc(-c2ccc3[nH]nc(-c4cc5c(N6CCCCC6)ccnc5[nH]4)c3n2)c1. The summed E-state index contributed by atoms with van der Waals surface area (Å²) < 4.78 is 0. The van der Waals surface area contributed by atoms with Crippen molar-refractivity contribution in [2.45, 2.75) is 39.0 Å². The first-order valence-corrected chi connectivity index (χ1v) is 12.5. The fourth-order valence-corrected chi connectivity index (χ4v) is 4.90. The van der Waals surface area contributed by atoms with E-state index >= 15 is 0 Å². The maximum absolute atomic E-state index is 12.0. The van der Waals surface area contributed by atoms with E-state index in [0.29, 0.717) is 12.1 Å². The third kappa shape index (κ3) is 4.17. The van der Waals surface area contributed by atoms with Crippen molar-refractivity contribution in [1.82, 2.24) is 30.1 Å². The normalized spacial score (nSPS) is 14.0. The van der Waals surface area contributed by atoms with Crippen molar-refractivity contribution < 1.29 is 4.79 Å². The van der Waals surface area contributed by atoms with Gasteiger partial charge in [0, 0.05) is 48.5 Å². The highest BCUT2D eigenvalue weighted by Gasteiger charge is 2.18. The summed E-state index contributed by atoms with van der Waals surface area (Å²) in [5.74, 6) is -0.0201. The van der Waals surface area contributed by atoms with Gasteiger partial charge < -0.3 is 15.2 Å². The highest BCUT2D eigenvalue weighted by Crippen LogP contribution is 2.33. The molecule has 1 amide bonds. The summed E-state index contributed by atoms with van der Waals surface area (Å²) in [6.07, 6.45) is 10.3. The van der Waals surface area contributed by atoms with E-state index in [1.54, 1.807) is 12.4 Å². The van der Waals surface area contributed by atoms with Crippen molar-refractivity contribution in [3.05, 3.63) is 48.9 Å². The van der Waals surface area contributed by atoms with E-state index in [0.717, 1.165) is 64.2 Å². The number of pyridine rings is 3. The molecule has 0 saturated carbocycles. The maximum atomic E-state index is 12.0. The molecule has 0 atom stereocenters. The molecule has 1 fully saturated rings. The van der Waals surface area contributed by atoms with Crippen LogP contribution in [0.5, 0.6) is 0 Å². The number of aromatic amines is 2. The summed E-state index contributed by atoms with van der Waals surface area (Å²) in [6.45, 7) is 4.12. The number of hydrogen-bond acceptors (Lipinski definition) is 6. The number of carbonyl (C=O) groups excluding carboxylic acids is 1. The van der Waals surface area contributed by atoms with Crippen molar-refractivity contribution in [3.8, 4) is 22.6 Å². The Balaban J connectivity index is 1.37. The van der Waals surface area contributed by atoms with Crippen LogP contribution in [-0.2, 0) is 4.79 Å². The van der Waals surface area contributed by atoms with Gasteiger partial charge in [-0.25, -0.2) is 9.97 Å². The van der Waals surface area contributed by atoms with Crippen molar-refractivity contribution in [2.24, 2.45) is 0 Å². The van der Waals surface area contributed by atoms with Crippen LogP contribution in [0.1, 0.15) is 39.0 Å². The molecule has 5 aromatic rings. The first-order chi connectivity index (χ1) is 17.7. The Kier molecular flexibility index (Phi) is 5.80. The van der Waals surface area contributed by atoms with Crippen LogP contribution in [0.25, 0.3) is 44.7 Å². The predicted octanol–water partition coefficient (Wildman–Crippen LogP) is 5.29. The summed E-state index contributed by atoms with van der Waals surface area (Å²) in [6, 6.07) is 10.0. The zero-order valence-corrected chi connectivity index (χ0v) is 20.2. The van der Waals surface area contributed by atoms with Crippen LogP contribution in [0.4, 0.5) is 11.4 Å². The summed E-state index contributed by atoms with van der Waals surface area (Å²) in [7, 11) is 0. The van der Waals surface area contributed by atoms with Gasteiger partial charge in [-0.1, -0.05) is 6.92 Å². The van der Waals surface area contributed by atoms with E-state index in [9.17, 15) is 4.79 Å². The summed E-state index contributed by atoms with van der Waals surface area (Å²) in [4.78, 5) is 31.7. The zero-order valence-electron chi connectivity index (χ0n) is 20.2. The van der Waals surface area contributed by atoms with E-state index < -0.39 is 0 Å². The Morgan fingerprint density at radius 1 is 1.11 bits per heavy atom. The molecular weight excluding hydrogens is 452 g/mol. The highest BCUT2D eigenvalue weighted by atomic mass is 16.1. The highest BCUT2D eigenvalue weighted by molar-refractivity contribution is 5.98. The number of anilines is 2. The van der Waals surface area contributed by atoms with Gasteiger partial charge in [-0.15, -0.1) is 0 Å². The Hall–Kier alpha value is -4.27. The van der Waals surface area contributed by atoms with Crippen molar-refractivity contribution in [2.75, 3.05) is 23.3 Å². The van der Waals surface area contributed by atoms with Crippen LogP contribution in [0.3, 0.4) is 0 Å². The van der Waals surface area contributed by atoms with E-state index in [1.165, 1.54) is 24.9 Å². The number of fused-ring (bicyclic) bond motifs is 2. The van der Waals surface area contributed by atoms with Crippen LogP contribution in [0, 0.1) is 0 Å². The second-order valence-electron chi connectivity index (χ2n) is 9.25. The minimum absolute atomic E-state index is 0.0201. The molecule has 182 valence electrons. The lowest BCUT2D eigenvalue weighted by atomic mass is 10.1. The lowest BCUT2D eigenvalue weighted by Gasteiger charge is -2.29. The smallest absolute Gasteiger partial charge is 0.224 e. The molecule has 5 aromatic heterocycles. The molecule has 1 aliphatic rings. The van der Waals surface area contributed by atoms with Gasteiger partial charge in [0.15, 0.2) is 0 Å². The first kappa shape index (κ1) is 22.2. The van der Waals surface area contributed by atoms with Gasteiger partial charge in [0.1, 0.15) is 16.9 Å². The Bertz CT molecular complexity index is 1550. The standard InChI is InChI=1S/C27H28N8O/c1-2-6-24(36)30-18-13-17(15-28-16-18)20-7-8-21-25(31-20)26(34-33-21)22-14-19-23(9-10-29-27(19)32-22)35-11-4-3-5-12-35/h7-10,13-16H,2-6,11-12H2,1H3,(H,29,32)(H,30,36)(H,33,34). The van der Waals surface area contributed by atoms with Crippen LogP contribution in [0.2, 0.25) is 0 Å². The van der Waals surface area contributed by atoms with E-state index in [2.05, 4.69) is 47.5 Å². The molecule has 9 nitrogen and oxygen atoms in total. The van der Waals surface area contributed by atoms with Crippen LogP contribution in [-0.4, -0.2) is 49.1 Å². The minimum atomic E-state index is -0.0201. The number of carbonyl (C=O) groups is 1. The van der Waals surface area contributed by atoms with Crippen LogP contribution < -0.4 is 10.2 Å². The lowest BCUT2D eigenvalue weighted by molar-refractivity contribution is -0.116. The predicted molar refractivity (Wildman–Crippen MR) is 142 cm³/mol. The number of hydrogen-bond donors (Lipinski definition) is 3. The second-order valence-corrected chi connectivity index (χ2v) is 9.25. The monoisotopic (exact) mass is 480 g/mol. The van der Waals surface area contributed by atoms with Gasteiger partial charge >= 0.3 is 0 Å². The van der Waals surface area contributed by atoms with Crippen molar-refractivity contribution >= 4 is 39.3 Å². The van der Waals surface area contributed by atoms with Gasteiger partial charge in [-0.3, -0.25) is 14.9 Å². The number of H-pyrrole nitrogens is 2. The average molecular weight is 481 g/mol.